The Hall–Kier alpha value is -2.06. The third-order valence-electron chi connectivity index (χ3n) is 3.58. The van der Waals surface area contributed by atoms with Gasteiger partial charge in [0, 0.05) is 12.4 Å². The fourth-order valence-electron chi connectivity index (χ4n) is 1.85. The Bertz CT molecular complexity index is 747. The Balaban J connectivity index is 2.17. The predicted molar refractivity (Wildman–Crippen MR) is 89.8 cm³/mol. The van der Waals surface area contributed by atoms with Gasteiger partial charge in [-0.1, -0.05) is 6.92 Å². The van der Waals surface area contributed by atoms with E-state index in [-0.39, 0.29) is 6.61 Å². The molecule has 23 heavy (non-hydrogen) atoms. The van der Waals surface area contributed by atoms with Crippen molar-refractivity contribution in [3.05, 3.63) is 29.0 Å². The van der Waals surface area contributed by atoms with Gasteiger partial charge in [0.1, 0.15) is 5.52 Å². The Kier molecular flexibility index (Phi) is 5.27. The first kappa shape index (κ1) is 17.3. The number of hydrogen-bond donors (Lipinski definition) is 3. The van der Waals surface area contributed by atoms with Crippen molar-refractivity contribution in [2.45, 2.75) is 25.8 Å². The lowest BCUT2D eigenvalue weighted by atomic mass is 10.0. The van der Waals surface area contributed by atoms with Gasteiger partial charge in [0.15, 0.2) is 0 Å². The summed E-state index contributed by atoms with van der Waals surface area (Å²) in [6.45, 7) is 3.23. The van der Waals surface area contributed by atoms with Crippen LogP contribution in [-0.2, 0) is 9.59 Å². The van der Waals surface area contributed by atoms with Gasteiger partial charge in [-0.05, 0) is 41.4 Å². The van der Waals surface area contributed by atoms with E-state index in [0.717, 1.165) is 0 Å². The number of carbonyl (C=O) groups is 2. The van der Waals surface area contributed by atoms with Crippen molar-refractivity contribution in [1.82, 2.24) is 15.3 Å². The van der Waals surface area contributed by atoms with Crippen molar-refractivity contribution in [3.8, 4) is 0 Å². The first-order valence-corrected chi connectivity index (χ1v) is 7.83. The maximum Gasteiger partial charge on any atom is 0.313 e. The molecule has 1 heterocycles. The number of rotatable bonds is 4. The molecule has 1 aromatic heterocycles. The molecule has 0 saturated carbocycles. The zero-order valence-electron chi connectivity index (χ0n) is 12.8. The lowest BCUT2D eigenvalue weighted by molar-refractivity contribution is -0.137. The van der Waals surface area contributed by atoms with E-state index in [1.54, 1.807) is 31.5 Å². The standard InChI is InChI=1S/C15H17BrN4O3/c1-3-15(2,8-21)20-14(23)13(22)19-9-4-5-10-12(11(9)16)18-7-6-17-10/h4-7,21H,3,8H2,1-2H3,(H,19,22)(H,20,23). The molecule has 8 heteroatoms. The first-order valence-electron chi connectivity index (χ1n) is 7.04. The van der Waals surface area contributed by atoms with Crippen LogP contribution in [0.25, 0.3) is 11.0 Å². The van der Waals surface area contributed by atoms with Gasteiger partial charge in [0.2, 0.25) is 0 Å². The van der Waals surface area contributed by atoms with E-state index < -0.39 is 17.4 Å². The third-order valence-corrected chi connectivity index (χ3v) is 4.38. The topological polar surface area (TPSA) is 104 Å². The zero-order chi connectivity index (χ0) is 17.0. The Morgan fingerprint density at radius 1 is 1.26 bits per heavy atom. The van der Waals surface area contributed by atoms with E-state index in [2.05, 4.69) is 36.5 Å². The highest BCUT2D eigenvalue weighted by molar-refractivity contribution is 9.10. The summed E-state index contributed by atoms with van der Waals surface area (Å²) < 4.78 is 0.546. The van der Waals surface area contributed by atoms with Crippen LogP contribution in [0.5, 0.6) is 0 Å². The fraction of sp³-hybridized carbons (Fsp3) is 0.333. The summed E-state index contributed by atoms with van der Waals surface area (Å²) in [5, 5.41) is 14.3. The van der Waals surface area contributed by atoms with Crippen LogP contribution >= 0.6 is 15.9 Å². The SMILES string of the molecule is CCC(C)(CO)NC(=O)C(=O)Nc1ccc2nccnc2c1Br. The monoisotopic (exact) mass is 380 g/mol. The molecule has 1 unspecified atom stereocenters. The lowest BCUT2D eigenvalue weighted by Gasteiger charge is -2.26. The number of nitrogens with one attached hydrogen (secondary N) is 2. The van der Waals surface area contributed by atoms with Gasteiger partial charge in [-0.3, -0.25) is 19.6 Å². The van der Waals surface area contributed by atoms with Crippen LogP contribution in [0.1, 0.15) is 20.3 Å². The maximum atomic E-state index is 12.0. The van der Waals surface area contributed by atoms with E-state index in [4.69, 9.17) is 0 Å². The van der Waals surface area contributed by atoms with E-state index in [9.17, 15) is 14.7 Å². The van der Waals surface area contributed by atoms with E-state index >= 15 is 0 Å². The Morgan fingerprint density at radius 2 is 1.96 bits per heavy atom. The van der Waals surface area contributed by atoms with E-state index in [1.807, 2.05) is 6.92 Å². The second-order valence-corrected chi connectivity index (χ2v) is 6.12. The molecule has 122 valence electrons. The number of nitrogens with zero attached hydrogens (tertiary/aromatic N) is 2. The van der Waals surface area contributed by atoms with Crippen LogP contribution in [-0.4, -0.2) is 39.0 Å². The second-order valence-electron chi connectivity index (χ2n) is 5.33. The van der Waals surface area contributed by atoms with Crippen molar-refractivity contribution >= 4 is 44.5 Å². The largest absolute Gasteiger partial charge is 0.394 e. The van der Waals surface area contributed by atoms with Crippen molar-refractivity contribution < 1.29 is 14.7 Å². The van der Waals surface area contributed by atoms with Crippen LogP contribution in [0.15, 0.2) is 29.0 Å². The molecule has 1 aromatic carbocycles. The molecule has 1 atom stereocenters. The molecular formula is C15H17BrN4O3. The average Bonchev–Trinajstić information content (AvgIpc) is 2.57. The fourth-order valence-corrected chi connectivity index (χ4v) is 2.39. The molecule has 7 nitrogen and oxygen atoms in total. The van der Waals surface area contributed by atoms with Gasteiger partial charge in [-0.2, -0.15) is 0 Å². The summed E-state index contributed by atoms with van der Waals surface area (Å²) in [7, 11) is 0. The van der Waals surface area contributed by atoms with E-state index in [0.29, 0.717) is 27.6 Å². The van der Waals surface area contributed by atoms with Crippen LogP contribution in [0.3, 0.4) is 0 Å². The van der Waals surface area contributed by atoms with E-state index in [1.165, 1.54) is 0 Å². The second kappa shape index (κ2) is 7.01. The summed E-state index contributed by atoms with van der Waals surface area (Å²) in [6.07, 6.45) is 3.61. The third kappa shape index (κ3) is 3.83. The molecule has 0 spiro atoms. The lowest BCUT2D eigenvalue weighted by Crippen LogP contribution is -2.51. The van der Waals surface area contributed by atoms with Gasteiger partial charge in [0.05, 0.1) is 27.8 Å². The van der Waals surface area contributed by atoms with Crippen molar-refractivity contribution in [2.75, 3.05) is 11.9 Å². The molecule has 0 aliphatic heterocycles. The summed E-state index contributed by atoms with van der Waals surface area (Å²) in [5.41, 5.74) is 0.834. The van der Waals surface area contributed by atoms with Crippen LogP contribution < -0.4 is 10.6 Å². The molecule has 0 radical (unpaired) electrons. The Morgan fingerprint density at radius 3 is 2.61 bits per heavy atom. The molecule has 0 fully saturated rings. The van der Waals surface area contributed by atoms with Crippen LogP contribution in [0.2, 0.25) is 0 Å². The normalized spacial score (nSPS) is 13.4. The number of carbonyl (C=O) groups excluding carboxylic acids is 2. The maximum absolute atomic E-state index is 12.0. The number of fused-ring (bicyclic) bond motifs is 1. The minimum atomic E-state index is -0.833. The summed E-state index contributed by atoms with van der Waals surface area (Å²) in [4.78, 5) is 32.4. The molecule has 0 bridgehead atoms. The summed E-state index contributed by atoms with van der Waals surface area (Å²) in [5.74, 6) is -1.63. The first-order chi connectivity index (χ1) is 10.9. The number of halogens is 1. The number of hydrogen-bond acceptors (Lipinski definition) is 5. The van der Waals surface area contributed by atoms with Crippen molar-refractivity contribution in [3.63, 3.8) is 0 Å². The highest BCUT2D eigenvalue weighted by atomic mass is 79.9. The predicted octanol–water partition coefficient (Wildman–Crippen LogP) is 1.61. The zero-order valence-corrected chi connectivity index (χ0v) is 14.3. The van der Waals surface area contributed by atoms with Gasteiger partial charge in [0.25, 0.3) is 0 Å². The summed E-state index contributed by atoms with van der Waals surface area (Å²) in [6, 6.07) is 3.34. The van der Waals surface area contributed by atoms with Crippen LogP contribution in [0.4, 0.5) is 5.69 Å². The minimum Gasteiger partial charge on any atom is -0.394 e. The summed E-state index contributed by atoms with van der Waals surface area (Å²) >= 11 is 3.36. The van der Waals surface area contributed by atoms with Gasteiger partial charge in [-0.25, -0.2) is 0 Å². The number of aromatic nitrogens is 2. The minimum absolute atomic E-state index is 0.252. The van der Waals surface area contributed by atoms with Crippen LogP contribution in [0, 0.1) is 0 Å². The van der Waals surface area contributed by atoms with Gasteiger partial charge >= 0.3 is 11.8 Å². The number of aliphatic hydroxyl groups is 1. The molecule has 0 aliphatic rings. The van der Waals surface area contributed by atoms with Gasteiger partial charge < -0.3 is 15.7 Å². The smallest absolute Gasteiger partial charge is 0.313 e. The number of amides is 2. The Labute approximate surface area is 141 Å². The highest BCUT2D eigenvalue weighted by Crippen LogP contribution is 2.28. The van der Waals surface area contributed by atoms with Crippen molar-refractivity contribution in [1.29, 1.82) is 0 Å². The number of aliphatic hydroxyl groups excluding tert-OH is 1. The van der Waals surface area contributed by atoms with Gasteiger partial charge in [-0.15, -0.1) is 0 Å². The number of benzene rings is 1. The molecule has 2 rings (SSSR count). The highest BCUT2D eigenvalue weighted by Gasteiger charge is 2.27. The molecular weight excluding hydrogens is 364 g/mol. The van der Waals surface area contributed by atoms with Crippen molar-refractivity contribution in [2.24, 2.45) is 0 Å². The number of anilines is 1. The molecule has 3 N–H and O–H groups in total. The molecule has 0 aliphatic carbocycles. The molecule has 2 aromatic rings. The average molecular weight is 381 g/mol. The molecule has 0 saturated heterocycles. The quantitative estimate of drug-likeness (QED) is 0.698. The molecule has 2 amide bonds.